The summed E-state index contributed by atoms with van der Waals surface area (Å²) < 4.78 is 7.35. The van der Waals surface area contributed by atoms with Crippen LogP contribution in [0.1, 0.15) is 18.4 Å². The zero-order valence-corrected chi connectivity index (χ0v) is 15.3. The number of carbonyl (C=O) groups is 1. The van der Waals surface area contributed by atoms with Crippen LogP contribution in [-0.4, -0.2) is 48.6 Å². The van der Waals surface area contributed by atoms with E-state index in [4.69, 9.17) is 21.4 Å². The Morgan fingerprint density at radius 1 is 1.24 bits per heavy atom. The Balaban J connectivity index is 1.66. The second kappa shape index (κ2) is 10.3. The number of aryl methyl sites for hydroxylation is 1. The Bertz CT molecular complexity index is 688. The topological polar surface area (TPSA) is 75.5 Å². The minimum Gasteiger partial charge on any atom is -0.396 e. The van der Waals surface area contributed by atoms with E-state index in [2.05, 4.69) is 16.8 Å². The number of halogens is 1. The lowest BCUT2D eigenvalue weighted by Gasteiger charge is -2.08. The summed E-state index contributed by atoms with van der Waals surface area (Å²) in [6.45, 7) is 2.42. The van der Waals surface area contributed by atoms with E-state index in [1.54, 1.807) is 0 Å². The number of hydrogen-bond donors (Lipinski definition) is 3. The second-order valence-corrected chi connectivity index (χ2v) is 6.34. The first-order chi connectivity index (χ1) is 12.1. The number of benzene rings is 1. The van der Waals surface area contributed by atoms with Crippen LogP contribution in [-0.2, 0) is 18.2 Å². The first kappa shape index (κ1) is 19.6. The van der Waals surface area contributed by atoms with Crippen molar-refractivity contribution in [1.29, 1.82) is 0 Å². The summed E-state index contributed by atoms with van der Waals surface area (Å²) >= 11 is 6.04. The van der Waals surface area contributed by atoms with E-state index < -0.39 is 0 Å². The number of amides is 2. The maximum Gasteiger partial charge on any atom is 0.314 e. The highest BCUT2D eigenvalue weighted by atomic mass is 35.5. The van der Waals surface area contributed by atoms with E-state index in [0.29, 0.717) is 32.7 Å². The highest BCUT2D eigenvalue weighted by Crippen LogP contribution is 2.24. The number of aromatic nitrogens is 1. The molecule has 0 aliphatic heterocycles. The van der Waals surface area contributed by atoms with Gasteiger partial charge < -0.3 is 25.0 Å². The summed E-state index contributed by atoms with van der Waals surface area (Å²) in [4.78, 5) is 11.8. The predicted octanol–water partition coefficient (Wildman–Crippen LogP) is 2.46. The molecule has 1 aromatic carbocycles. The summed E-state index contributed by atoms with van der Waals surface area (Å²) in [5.74, 6) is 0. The molecule has 0 saturated heterocycles. The van der Waals surface area contributed by atoms with Gasteiger partial charge in [0, 0.05) is 62.1 Å². The van der Waals surface area contributed by atoms with Crippen molar-refractivity contribution in [2.75, 3.05) is 32.9 Å². The van der Waals surface area contributed by atoms with Crippen molar-refractivity contribution in [2.24, 2.45) is 7.05 Å². The number of aliphatic hydroxyl groups is 1. The molecule has 0 spiro atoms. The van der Waals surface area contributed by atoms with Gasteiger partial charge in [0.2, 0.25) is 0 Å². The summed E-state index contributed by atoms with van der Waals surface area (Å²) in [6.07, 6.45) is 4.23. The normalized spacial score (nSPS) is 11.0. The van der Waals surface area contributed by atoms with Gasteiger partial charge >= 0.3 is 6.03 Å². The lowest BCUT2D eigenvalue weighted by molar-refractivity contribution is 0.114. The quantitative estimate of drug-likeness (QED) is 0.565. The molecule has 0 bridgehead atoms. The highest BCUT2D eigenvalue weighted by Gasteiger charge is 2.07. The smallest absolute Gasteiger partial charge is 0.314 e. The molecule has 2 rings (SSSR count). The molecular weight excluding hydrogens is 342 g/mol. The molecule has 7 heteroatoms. The Hall–Kier alpha value is -1.76. The molecule has 2 aromatic rings. The molecule has 25 heavy (non-hydrogen) atoms. The van der Waals surface area contributed by atoms with Crippen LogP contribution in [0, 0.1) is 0 Å². The van der Waals surface area contributed by atoms with E-state index in [9.17, 15) is 4.79 Å². The van der Waals surface area contributed by atoms with E-state index in [1.165, 1.54) is 5.56 Å². The molecule has 0 fully saturated rings. The van der Waals surface area contributed by atoms with E-state index in [0.717, 1.165) is 28.8 Å². The van der Waals surface area contributed by atoms with Crippen molar-refractivity contribution in [2.45, 2.75) is 19.3 Å². The molecule has 6 nitrogen and oxygen atoms in total. The SMILES string of the molecule is Cn1cc(CCNC(=O)NCCCOCCCO)c2ccc(Cl)cc21. The van der Waals surface area contributed by atoms with E-state index in [1.807, 2.05) is 29.8 Å². The Kier molecular flexibility index (Phi) is 8.04. The molecule has 1 aromatic heterocycles. The molecule has 0 atom stereocenters. The van der Waals surface area contributed by atoms with Crippen molar-refractivity contribution >= 4 is 28.5 Å². The monoisotopic (exact) mass is 367 g/mol. The standard InChI is InChI=1S/C18H26ClN3O3/c1-22-13-14(16-5-4-15(19)12-17(16)22)6-8-21-18(24)20-7-2-10-25-11-3-9-23/h4-5,12-13,23H,2-3,6-11H2,1H3,(H2,20,21,24). The van der Waals surface area contributed by atoms with Crippen molar-refractivity contribution in [3.63, 3.8) is 0 Å². The largest absolute Gasteiger partial charge is 0.396 e. The number of urea groups is 1. The van der Waals surface area contributed by atoms with Gasteiger partial charge in [-0.25, -0.2) is 4.79 Å². The molecule has 138 valence electrons. The average molecular weight is 368 g/mol. The molecule has 1 heterocycles. The van der Waals surface area contributed by atoms with Crippen LogP contribution >= 0.6 is 11.6 Å². The predicted molar refractivity (Wildman–Crippen MR) is 100 cm³/mol. The molecule has 0 saturated carbocycles. The van der Waals surface area contributed by atoms with Crippen LogP contribution in [0.3, 0.4) is 0 Å². The van der Waals surface area contributed by atoms with Crippen LogP contribution in [0.5, 0.6) is 0 Å². The highest BCUT2D eigenvalue weighted by molar-refractivity contribution is 6.31. The number of fused-ring (bicyclic) bond motifs is 1. The fraction of sp³-hybridized carbons (Fsp3) is 0.500. The minimum atomic E-state index is -0.168. The van der Waals surface area contributed by atoms with Gasteiger partial charge in [-0.15, -0.1) is 0 Å². The van der Waals surface area contributed by atoms with E-state index >= 15 is 0 Å². The van der Waals surface area contributed by atoms with Crippen LogP contribution in [0.25, 0.3) is 10.9 Å². The molecule has 0 aliphatic rings. The van der Waals surface area contributed by atoms with E-state index in [-0.39, 0.29) is 12.6 Å². The number of nitrogens with one attached hydrogen (secondary N) is 2. The Morgan fingerprint density at radius 3 is 2.80 bits per heavy atom. The number of nitrogens with zero attached hydrogens (tertiary/aromatic N) is 1. The average Bonchev–Trinajstić information content (AvgIpc) is 2.89. The fourth-order valence-electron chi connectivity index (χ4n) is 2.66. The molecule has 0 aliphatic carbocycles. The summed E-state index contributed by atoms with van der Waals surface area (Å²) in [5.41, 5.74) is 2.28. The second-order valence-electron chi connectivity index (χ2n) is 5.90. The molecule has 3 N–H and O–H groups in total. The molecule has 0 radical (unpaired) electrons. The number of carbonyl (C=O) groups excluding carboxylic acids is 1. The lowest BCUT2D eigenvalue weighted by Crippen LogP contribution is -2.37. The van der Waals surface area contributed by atoms with Crippen molar-refractivity contribution < 1.29 is 14.6 Å². The maximum atomic E-state index is 11.8. The van der Waals surface area contributed by atoms with Crippen LogP contribution < -0.4 is 10.6 Å². The number of aliphatic hydroxyl groups excluding tert-OH is 1. The third-order valence-electron chi connectivity index (χ3n) is 3.91. The summed E-state index contributed by atoms with van der Waals surface area (Å²) in [7, 11) is 1.99. The van der Waals surface area contributed by atoms with Crippen LogP contribution in [0.2, 0.25) is 5.02 Å². The molecular formula is C18H26ClN3O3. The van der Waals surface area contributed by atoms with Gasteiger partial charge in [0.1, 0.15) is 0 Å². The number of hydrogen-bond acceptors (Lipinski definition) is 3. The summed E-state index contributed by atoms with van der Waals surface area (Å²) in [5, 5.41) is 16.2. The van der Waals surface area contributed by atoms with Gasteiger partial charge in [-0.2, -0.15) is 0 Å². The van der Waals surface area contributed by atoms with Crippen LogP contribution in [0.4, 0.5) is 4.79 Å². The minimum absolute atomic E-state index is 0.143. The number of rotatable bonds is 10. The lowest BCUT2D eigenvalue weighted by atomic mass is 10.1. The van der Waals surface area contributed by atoms with Gasteiger partial charge in [-0.3, -0.25) is 0 Å². The Labute approximate surface area is 153 Å². The first-order valence-electron chi connectivity index (χ1n) is 8.55. The molecule has 2 amide bonds. The number of ether oxygens (including phenoxy) is 1. The molecule has 0 unspecified atom stereocenters. The van der Waals surface area contributed by atoms with Gasteiger partial charge in [0.05, 0.1) is 0 Å². The van der Waals surface area contributed by atoms with Crippen molar-refractivity contribution in [3.05, 3.63) is 35.0 Å². The van der Waals surface area contributed by atoms with Crippen molar-refractivity contribution in [1.82, 2.24) is 15.2 Å². The van der Waals surface area contributed by atoms with Gasteiger partial charge in [0.25, 0.3) is 0 Å². The van der Waals surface area contributed by atoms with Crippen LogP contribution in [0.15, 0.2) is 24.4 Å². The maximum absolute atomic E-state index is 11.8. The third-order valence-corrected chi connectivity index (χ3v) is 4.15. The Morgan fingerprint density at radius 2 is 2.00 bits per heavy atom. The summed E-state index contributed by atoms with van der Waals surface area (Å²) in [6, 6.07) is 5.68. The van der Waals surface area contributed by atoms with Gasteiger partial charge in [-0.1, -0.05) is 17.7 Å². The zero-order valence-electron chi connectivity index (χ0n) is 14.6. The zero-order chi connectivity index (χ0) is 18.1. The third kappa shape index (κ3) is 6.23. The fourth-order valence-corrected chi connectivity index (χ4v) is 2.82. The van der Waals surface area contributed by atoms with Gasteiger partial charge in [0.15, 0.2) is 0 Å². The first-order valence-corrected chi connectivity index (χ1v) is 8.93. The van der Waals surface area contributed by atoms with Crippen molar-refractivity contribution in [3.8, 4) is 0 Å². The van der Waals surface area contributed by atoms with Gasteiger partial charge in [-0.05, 0) is 37.0 Å².